The molecule has 0 spiro atoms. The first kappa shape index (κ1) is 13.7. The molecule has 1 saturated heterocycles. The maximum Gasteiger partial charge on any atom is 0.113 e. The van der Waals surface area contributed by atoms with E-state index >= 15 is 0 Å². The van der Waals surface area contributed by atoms with E-state index in [0.29, 0.717) is 0 Å². The molecule has 0 saturated carbocycles. The average Bonchev–Trinajstić information content (AvgIpc) is 2.25. The highest BCUT2D eigenvalue weighted by Crippen LogP contribution is 2.39. The normalized spacial score (nSPS) is 22.9. The van der Waals surface area contributed by atoms with Crippen LogP contribution in [-0.4, -0.2) is 23.8 Å². The van der Waals surface area contributed by atoms with Gasteiger partial charge in [0.1, 0.15) is 7.85 Å². The summed E-state index contributed by atoms with van der Waals surface area (Å²) in [6, 6.07) is 8.30. The molecule has 2 radical (unpaired) electrons. The summed E-state index contributed by atoms with van der Waals surface area (Å²) in [5, 5.41) is 0. The number of hydrogen-bond donors (Lipinski definition) is 0. The Bertz CT molecular complexity index is 390. The summed E-state index contributed by atoms with van der Waals surface area (Å²) in [6.45, 7) is 10.5. The number of nitrogens with zero attached hydrogens (tertiary/aromatic N) is 1. The van der Waals surface area contributed by atoms with Crippen LogP contribution < -0.4 is 5.46 Å². The summed E-state index contributed by atoms with van der Waals surface area (Å²) in [7, 11) is 5.75. The van der Waals surface area contributed by atoms with E-state index in [0.717, 1.165) is 12.0 Å². The SMILES string of the molecule is [B]c1ccc(CN2C(C)(C)CCCC2(C)C)cc1. The van der Waals surface area contributed by atoms with Gasteiger partial charge in [-0.05, 0) is 52.5 Å². The van der Waals surface area contributed by atoms with Crippen LogP contribution in [0.3, 0.4) is 0 Å². The van der Waals surface area contributed by atoms with E-state index in [-0.39, 0.29) is 11.1 Å². The van der Waals surface area contributed by atoms with Crippen LogP contribution in [0.1, 0.15) is 52.5 Å². The van der Waals surface area contributed by atoms with Gasteiger partial charge in [0.05, 0.1) is 0 Å². The van der Waals surface area contributed by atoms with Crippen molar-refractivity contribution in [1.29, 1.82) is 0 Å². The third-order valence-corrected chi connectivity index (χ3v) is 4.36. The number of piperidine rings is 1. The van der Waals surface area contributed by atoms with E-state index in [1.165, 1.54) is 24.8 Å². The predicted octanol–water partition coefficient (Wildman–Crippen LogP) is 3.02. The van der Waals surface area contributed by atoms with Gasteiger partial charge >= 0.3 is 0 Å². The molecule has 1 heterocycles. The van der Waals surface area contributed by atoms with Crippen molar-refractivity contribution in [2.75, 3.05) is 0 Å². The van der Waals surface area contributed by atoms with Gasteiger partial charge in [0, 0.05) is 17.6 Å². The maximum atomic E-state index is 5.75. The first-order valence-electron chi connectivity index (χ1n) is 6.93. The molecule has 0 bridgehead atoms. The zero-order valence-corrected chi connectivity index (χ0v) is 12.2. The molecule has 0 aromatic heterocycles. The number of rotatable bonds is 2. The Morgan fingerprint density at radius 2 is 1.50 bits per heavy atom. The highest BCUT2D eigenvalue weighted by Gasteiger charge is 2.40. The van der Waals surface area contributed by atoms with Crippen LogP contribution in [0, 0.1) is 0 Å². The third-order valence-electron chi connectivity index (χ3n) is 4.36. The molecule has 2 heteroatoms. The Labute approximate surface area is 113 Å². The monoisotopic (exact) mass is 241 g/mol. The van der Waals surface area contributed by atoms with E-state index in [4.69, 9.17) is 7.85 Å². The molecule has 1 nitrogen and oxygen atoms in total. The second-order valence-electron chi connectivity index (χ2n) is 6.81. The Morgan fingerprint density at radius 1 is 1.00 bits per heavy atom. The van der Waals surface area contributed by atoms with Crippen LogP contribution in [0.4, 0.5) is 0 Å². The predicted molar refractivity (Wildman–Crippen MR) is 79.4 cm³/mol. The second-order valence-corrected chi connectivity index (χ2v) is 6.81. The van der Waals surface area contributed by atoms with Gasteiger partial charge in [-0.25, -0.2) is 0 Å². The molecule has 0 N–H and O–H groups in total. The summed E-state index contributed by atoms with van der Waals surface area (Å²) in [5.74, 6) is 0. The molecular formula is C16H24BN. The fourth-order valence-electron chi connectivity index (χ4n) is 3.28. The molecule has 1 aromatic rings. The minimum atomic E-state index is 0.281. The molecule has 0 unspecified atom stereocenters. The first-order chi connectivity index (χ1) is 8.31. The third kappa shape index (κ3) is 2.80. The molecule has 0 amide bonds. The van der Waals surface area contributed by atoms with E-state index in [1.807, 2.05) is 12.1 Å². The van der Waals surface area contributed by atoms with E-state index < -0.39 is 0 Å². The lowest BCUT2D eigenvalue weighted by Crippen LogP contribution is -2.57. The Kier molecular flexibility index (Phi) is 3.59. The van der Waals surface area contributed by atoms with Crippen molar-refractivity contribution >= 4 is 13.3 Å². The summed E-state index contributed by atoms with van der Waals surface area (Å²) in [6.07, 6.45) is 3.90. The van der Waals surface area contributed by atoms with Gasteiger partial charge in [0.15, 0.2) is 0 Å². The molecule has 1 aliphatic heterocycles. The molecule has 18 heavy (non-hydrogen) atoms. The van der Waals surface area contributed by atoms with Crippen LogP contribution in [0.25, 0.3) is 0 Å². The van der Waals surface area contributed by atoms with Crippen molar-refractivity contribution in [3.8, 4) is 0 Å². The maximum absolute atomic E-state index is 5.75. The fraction of sp³-hybridized carbons (Fsp3) is 0.625. The van der Waals surface area contributed by atoms with Gasteiger partial charge in [0.25, 0.3) is 0 Å². The molecule has 1 aliphatic rings. The fourth-order valence-corrected chi connectivity index (χ4v) is 3.28. The standard InChI is InChI=1S/C16H24BN/c1-15(2)10-5-11-16(3,4)18(15)12-13-6-8-14(17)9-7-13/h6-9H,5,10-12H2,1-4H3. The average molecular weight is 241 g/mol. The first-order valence-corrected chi connectivity index (χ1v) is 6.93. The summed E-state index contributed by atoms with van der Waals surface area (Å²) in [4.78, 5) is 2.65. The van der Waals surface area contributed by atoms with Gasteiger partial charge in [-0.15, -0.1) is 0 Å². The van der Waals surface area contributed by atoms with Gasteiger partial charge in [-0.3, -0.25) is 4.90 Å². The topological polar surface area (TPSA) is 3.24 Å². The van der Waals surface area contributed by atoms with Crippen LogP contribution in [0.5, 0.6) is 0 Å². The Morgan fingerprint density at radius 3 is 2.00 bits per heavy atom. The number of benzene rings is 1. The molecule has 0 aliphatic carbocycles. The van der Waals surface area contributed by atoms with E-state index in [1.54, 1.807) is 0 Å². The van der Waals surface area contributed by atoms with Gasteiger partial charge in [-0.1, -0.05) is 29.7 Å². The van der Waals surface area contributed by atoms with Crippen molar-refractivity contribution in [2.45, 2.75) is 64.6 Å². The van der Waals surface area contributed by atoms with Crippen molar-refractivity contribution in [1.82, 2.24) is 4.90 Å². The molecule has 1 aromatic carbocycles. The largest absolute Gasteiger partial charge is 0.289 e. The van der Waals surface area contributed by atoms with Crippen LogP contribution in [0.2, 0.25) is 0 Å². The summed E-state index contributed by atoms with van der Waals surface area (Å²) in [5.41, 5.74) is 2.76. The summed E-state index contributed by atoms with van der Waals surface area (Å²) < 4.78 is 0. The number of likely N-dealkylation sites (tertiary alicyclic amines) is 1. The quantitative estimate of drug-likeness (QED) is 0.719. The molecule has 96 valence electrons. The highest BCUT2D eigenvalue weighted by molar-refractivity contribution is 6.32. The van der Waals surface area contributed by atoms with Gasteiger partial charge < -0.3 is 0 Å². The Balaban J connectivity index is 2.21. The zero-order chi connectivity index (χ0) is 13.4. The van der Waals surface area contributed by atoms with Crippen molar-refractivity contribution < 1.29 is 0 Å². The summed E-state index contributed by atoms with van der Waals surface area (Å²) >= 11 is 0. The van der Waals surface area contributed by atoms with Crippen LogP contribution >= 0.6 is 0 Å². The van der Waals surface area contributed by atoms with Gasteiger partial charge in [-0.2, -0.15) is 0 Å². The van der Waals surface area contributed by atoms with Crippen molar-refractivity contribution in [3.63, 3.8) is 0 Å². The highest BCUT2D eigenvalue weighted by atomic mass is 15.3. The van der Waals surface area contributed by atoms with E-state index in [9.17, 15) is 0 Å². The minimum Gasteiger partial charge on any atom is -0.289 e. The number of hydrogen-bond acceptors (Lipinski definition) is 1. The lowest BCUT2D eigenvalue weighted by Gasteiger charge is -2.53. The van der Waals surface area contributed by atoms with Crippen molar-refractivity contribution in [2.24, 2.45) is 0 Å². The van der Waals surface area contributed by atoms with Gasteiger partial charge in [0.2, 0.25) is 0 Å². The lowest BCUT2D eigenvalue weighted by molar-refractivity contribution is -0.0340. The van der Waals surface area contributed by atoms with E-state index in [2.05, 4.69) is 44.7 Å². The zero-order valence-electron chi connectivity index (χ0n) is 12.2. The Hall–Kier alpha value is -0.755. The molecule has 0 atom stereocenters. The molecular weight excluding hydrogens is 217 g/mol. The smallest absolute Gasteiger partial charge is 0.113 e. The van der Waals surface area contributed by atoms with Crippen LogP contribution in [0.15, 0.2) is 24.3 Å². The van der Waals surface area contributed by atoms with Crippen molar-refractivity contribution in [3.05, 3.63) is 29.8 Å². The molecule has 2 rings (SSSR count). The lowest BCUT2D eigenvalue weighted by atomic mass is 9.79. The second kappa shape index (κ2) is 4.73. The molecule has 1 fully saturated rings. The van der Waals surface area contributed by atoms with Crippen LogP contribution in [-0.2, 0) is 6.54 Å². The minimum absolute atomic E-state index is 0.281.